The minimum Gasteiger partial charge on any atom is -0.494 e. The van der Waals surface area contributed by atoms with Gasteiger partial charge in [-0.25, -0.2) is 15.0 Å². The first-order valence-electron chi connectivity index (χ1n) is 13.5. The van der Waals surface area contributed by atoms with Gasteiger partial charge >= 0.3 is 0 Å². The summed E-state index contributed by atoms with van der Waals surface area (Å²) in [5.74, 6) is 4.18. The highest BCUT2D eigenvalue weighted by molar-refractivity contribution is 6.02. The van der Waals surface area contributed by atoms with Gasteiger partial charge in [0.2, 0.25) is 5.91 Å². The van der Waals surface area contributed by atoms with Gasteiger partial charge in [0.1, 0.15) is 17.9 Å². The molecule has 2 aromatic carbocycles. The Labute approximate surface area is 240 Å². The Balaban J connectivity index is 1.44. The second kappa shape index (κ2) is 12.3. The monoisotopic (exact) mass is 553 g/mol. The number of carbonyl (C=O) groups excluding carboxylic acids is 1. The van der Waals surface area contributed by atoms with E-state index in [0.717, 1.165) is 42.7 Å². The van der Waals surface area contributed by atoms with Crippen LogP contribution in [0.15, 0.2) is 61.4 Å². The molecule has 3 aromatic rings. The Hall–Kier alpha value is -4.59. The number of terminal acetylenes is 1. The van der Waals surface area contributed by atoms with Gasteiger partial charge in [0.15, 0.2) is 5.82 Å². The maximum atomic E-state index is 12.4. The first-order valence-corrected chi connectivity index (χ1v) is 13.5. The number of nitrogens with one attached hydrogen (secondary N) is 2. The fourth-order valence-electron chi connectivity index (χ4n) is 5.27. The number of benzene rings is 2. The third-order valence-corrected chi connectivity index (χ3v) is 7.48. The topological polar surface area (TPSA) is 95.1 Å². The molecule has 0 unspecified atom stereocenters. The first kappa shape index (κ1) is 28.0. The molecule has 5 rings (SSSR count). The number of methoxy groups -OCH3 is 1. The van der Waals surface area contributed by atoms with E-state index in [9.17, 15) is 4.79 Å². The van der Waals surface area contributed by atoms with Crippen molar-refractivity contribution < 1.29 is 14.4 Å². The fraction of sp³-hybridized carbons (Fsp3) is 0.323. The highest BCUT2D eigenvalue weighted by Gasteiger charge is 2.30. The number of amides is 1. The van der Waals surface area contributed by atoms with Gasteiger partial charge in [-0.1, -0.05) is 24.6 Å². The number of aromatic nitrogens is 2. The van der Waals surface area contributed by atoms with E-state index in [1.54, 1.807) is 12.2 Å². The number of ether oxygens (including phenoxy) is 1. The van der Waals surface area contributed by atoms with Gasteiger partial charge in [0.05, 0.1) is 36.8 Å². The van der Waals surface area contributed by atoms with Crippen molar-refractivity contribution in [3.05, 3.63) is 72.6 Å². The van der Waals surface area contributed by atoms with Crippen LogP contribution in [-0.2, 0) is 9.63 Å². The van der Waals surface area contributed by atoms with E-state index >= 15 is 0 Å². The summed E-state index contributed by atoms with van der Waals surface area (Å²) in [7, 11) is 5.79. The largest absolute Gasteiger partial charge is 0.494 e. The molecule has 0 bridgehead atoms. The van der Waals surface area contributed by atoms with Crippen LogP contribution < -0.4 is 25.3 Å². The predicted octanol–water partition coefficient (Wildman–Crippen LogP) is 4.36. The van der Waals surface area contributed by atoms with Crippen molar-refractivity contribution in [2.24, 2.45) is 0 Å². The van der Waals surface area contributed by atoms with Crippen LogP contribution in [0.4, 0.5) is 28.7 Å². The Morgan fingerprint density at radius 2 is 2.07 bits per heavy atom. The number of anilines is 5. The molecule has 0 spiro atoms. The molecule has 0 radical (unpaired) electrons. The number of carbonyl (C=O) groups is 1. The zero-order valence-corrected chi connectivity index (χ0v) is 23.6. The Kier molecular flexibility index (Phi) is 8.38. The lowest BCUT2D eigenvalue weighted by Crippen LogP contribution is -2.31. The first-order chi connectivity index (χ1) is 19.9. The van der Waals surface area contributed by atoms with E-state index in [1.807, 2.05) is 42.5 Å². The van der Waals surface area contributed by atoms with Crippen molar-refractivity contribution >= 4 is 34.6 Å². The zero-order valence-electron chi connectivity index (χ0n) is 23.6. The van der Waals surface area contributed by atoms with Crippen LogP contribution in [0.25, 0.3) is 0 Å². The smallest absolute Gasteiger partial charge is 0.247 e. The Bertz CT molecular complexity index is 1470. The van der Waals surface area contributed by atoms with Crippen LogP contribution in [0.2, 0.25) is 0 Å². The molecule has 41 heavy (non-hydrogen) atoms. The van der Waals surface area contributed by atoms with E-state index in [1.165, 1.54) is 12.4 Å². The maximum absolute atomic E-state index is 12.4. The molecule has 2 N–H and O–H groups in total. The predicted molar refractivity (Wildman–Crippen MR) is 162 cm³/mol. The number of likely N-dealkylation sites (N-methyl/N-ethyl adjacent to an activating group) is 1. The second-order valence-electron chi connectivity index (χ2n) is 10.2. The molecule has 0 saturated carbocycles. The van der Waals surface area contributed by atoms with Crippen LogP contribution in [-0.4, -0.2) is 67.7 Å². The van der Waals surface area contributed by atoms with E-state index in [-0.39, 0.29) is 11.9 Å². The van der Waals surface area contributed by atoms with Crippen molar-refractivity contribution in [2.45, 2.75) is 24.9 Å². The summed E-state index contributed by atoms with van der Waals surface area (Å²) in [6, 6.07) is 13.9. The molecule has 0 aliphatic carbocycles. The lowest BCUT2D eigenvalue weighted by atomic mass is 10.0. The molecule has 2 fully saturated rings. The molecule has 2 aliphatic heterocycles. The summed E-state index contributed by atoms with van der Waals surface area (Å²) in [5.41, 5.74) is 4.06. The summed E-state index contributed by atoms with van der Waals surface area (Å²) >= 11 is 0. The molecule has 3 heterocycles. The van der Waals surface area contributed by atoms with Crippen molar-refractivity contribution in [1.82, 2.24) is 14.9 Å². The SMILES string of the molecule is C#Cc1cccc([C@H]2CCON2c2cc(Nc3cc(NC(=O)C=C)c(N4CC[C@@H](N(C)C)C4)cc3OC)ncn2)c1. The highest BCUT2D eigenvalue weighted by atomic mass is 16.7. The van der Waals surface area contributed by atoms with E-state index in [2.05, 4.69) is 57.0 Å². The molecular formula is C31H35N7O3. The second-order valence-corrected chi connectivity index (χ2v) is 10.2. The molecule has 2 atom stereocenters. The lowest BCUT2D eigenvalue weighted by molar-refractivity contribution is -0.111. The zero-order chi connectivity index (χ0) is 28.9. The highest BCUT2D eigenvalue weighted by Crippen LogP contribution is 2.40. The van der Waals surface area contributed by atoms with E-state index in [0.29, 0.717) is 41.4 Å². The molecule has 10 nitrogen and oxygen atoms in total. The number of hydrogen-bond donors (Lipinski definition) is 2. The molecule has 2 saturated heterocycles. The molecule has 2 aliphatic rings. The van der Waals surface area contributed by atoms with E-state index < -0.39 is 0 Å². The Morgan fingerprint density at radius 3 is 2.80 bits per heavy atom. The molecule has 212 valence electrons. The minimum atomic E-state index is -0.291. The molecule has 1 amide bonds. The average Bonchev–Trinajstić information content (AvgIpc) is 3.68. The van der Waals surface area contributed by atoms with Gasteiger partial charge < -0.3 is 25.2 Å². The van der Waals surface area contributed by atoms with Crippen molar-refractivity contribution in [2.75, 3.05) is 61.5 Å². The number of hydroxylamine groups is 1. The van der Waals surface area contributed by atoms with Gasteiger partial charge in [0.25, 0.3) is 0 Å². The van der Waals surface area contributed by atoms with Gasteiger partial charge in [-0.15, -0.1) is 6.42 Å². The lowest BCUT2D eigenvalue weighted by Gasteiger charge is -2.26. The standard InChI is InChI=1S/C31H35N7O3/c1-6-21-9-8-10-22(15-21)26-12-14-41-38(26)30-18-29(32-20-33-30)34-25-16-24(35-31(39)7-2)27(17-28(25)40-5)37-13-11-23(19-37)36(3)4/h1,7-10,15-18,20,23,26H,2,11-14,19H2,3-5H3,(H,35,39)(H,32,33,34)/t23-,26-/m1/s1. The molecular weight excluding hydrogens is 518 g/mol. The van der Waals surface area contributed by atoms with Crippen molar-refractivity contribution in [3.8, 4) is 18.1 Å². The summed E-state index contributed by atoms with van der Waals surface area (Å²) in [4.78, 5) is 31.7. The van der Waals surface area contributed by atoms with Crippen LogP contribution in [0.5, 0.6) is 5.75 Å². The van der Waals surface area contributed by atoms with E-state index in [4.69, 9.17) is 16.0 Å². The quantitative estimate of drug-likeness (QED) is 0.296. The maximum Gasteiger partial charge on any atom is 0.247 e. The van der Waals surface area contributed by atoms with Gasteiger partial charge in [0, 0.05) is 43.2 Å². The van der Waals surface area contributed by atoms with Crippen LogP contribution >= 0.6 is 0 Å². The van der Waals surface area contributed by atoms with Gasteiger partial charge in [-0.3, -0.25) is 9.63 Å². The number of hydrogen-bond acceptors (Lipinski definition) is 9. The third kappa shape index (κ3) is 6.11. The summed E-state index contributed by atoms with van der Waals surface area (Å²) < 4.78 is 5.78. The van der Waals surface area contributed by atoms with Crippen LogP contribution in [0, 0.1) is 12.3 Å². The third-order valence-electron chi connectivity index (χ3n) is 7.48. The average molecular weight is 554 g/mol. The van der Waals surface area contributed by atoms with Crippen LogP contribution in [0.3, 0.4) is 0 Å². The fourth-order valence-corrected chi connectivity index (χ4v) is 5.27. The molecule has 10 heteroatoms. The summed E-state index contributed by atoms with van der Waals surface area (Å²) in [5, 5.41) is 8.11. The number of nitrogens with zero attached hydrogens (tertiary/aromatic N) is 5. The van der Waals surface area contributed by atoms with Crippen molar-refractivity contribution in [1.29, 1.82) is 0 Å². The molecule has 1 aromatic heterocycles. The van der Waals surface area contributed by atoms with Gasteiger partial charge in [-0.2, -0.15) is 0 Å². The van der Waals surface area contributed by atoms with Gasteiger partial charge in [-0.05, 0) is 50.4 Å². The summed E-state index contributed by atoms with van der Waals surface area (Å²) in [6.45, 7) is 5.88. The summed E-state index contributed by atoms with van der Waals surface area (Å²) in [6.07, 6.45) is 10.2. The minimum absolute atomic E-state index is 0.0351. The van der Waals surface area contributed by atoms with Crippen molar-refractivity contribution in [3.63, 3.8) is 0 Å². The normalized spacial score (nSPS) is 18.3. The Morgan fingerprint density at radius 1 is 1.22 bits per heavy atom. The van der Waals surface area contributed by atoms with Crippen LogP contribution in [0.1, 0.15) is 30.0 Å². The number of rotatable bonds is 9.